The van der Waals surface area contributed by atoms with E-state index in [1.165, 1.54) is 0 Å². The number of nitrogens with zero attached hydrogens (tertiary/aromatic N) is 1. The zero-order valence-electron chi connectivity index (χ0n) is 6.21. The highest BCUT2D eigenvalue weighted by Crippen LogP contribution is 2.25. The predicted octanol–water partition coefficient (Wildman–Crippen LogP) is 1.73. The van der Waals surface area contributed by atoms with Gasteiger partial charge in [-0.05, 0) is 19.1 Å². The fraction of sp³-hybridized carbons (Fsp3) is 0.250. The third-order valence-corrected chi connectivity index (χ3v) is 2.33. The van der Waals surface area contributed by atoms with Crippen LogP contribution < -0.4 is 5.32 Å². The van der Waals surface area contributed by atoms with Crippen molar-refractivity contribution >= 4 is 11.6 Å². The lowest BCUT2D eigenvalue weighted by molar-refractivity contribution is 0.416. The molecule has 0 aromatic rings. The first kappa shape index (κ1) is 6.80. The fourth-order valence-corrected chi connectivity index (χ4v) is 1.49. The minimum absolute atomic E-state index is 0.229. The molecule has 0 bridgehead atoms. The van der Waals surface area contributed by atoms with Crippen LogP contribution in [0.1, 0.15) is 6.92 Å². The standard InChI is InChI=1S/C8H9ClN2/c1-6-8(9)11-5-3-2-4-7(11)10-6/h2-5,7,10H,1H3. The van der Waals surface area contributed by atoms with Gasteiger partial charge in [0, 0.05) is 11.9 Å². The molecule has 2 aliphatic rings. The lowest BCUT2D eigenvalue weighted by Gasteiger charge is -2.22. The molecule has 0 saturated heterocycles. The summed E-state index contributed by atoms with van der Waals surface area (Å²) in [5, 5.41) is 4.03. The van der Waals surface area contributed by atoms with E-state index < -0.39 is 0 Å². The van der Waals surface area contributed by atoms with Gasteiger partial charge in [0.05, 0.1) is 0 Å². The molecule has 0 aliphatic carbocycles. The zero-order chi connectivity index (χ0) is 7.84. The normalized spacial score (nSPS) is 27.5. The van der Waals surface area contributed by atoms with Gasteiger partial charge in [0.25, 0.3) is 0 Å². The summed E-state index contributed by atoms with van der Waals surface area (Å²) in [5.41, 5.74) is 1.04. The van der Waals surface area contributed by atoms with E-state index >= 15 is 0 Å². The molecule has 0 amide bonds. The SMILES string of the molecule is CC1=C(Cl)N2C=CC=CC2N1. The number of hydrogen-bond acceptors (Lipinski definition) is 2. The topological polar surface area (TPSA) is 15.3 Å². The van der Waals surface area contributed by atoms with Crippen molar-refractivity contribution in [3.05, 3.63) is 35.3 Å². The van der Waals surface area contributed by atoms with Crippen LogP contribution in [0.3, 0.4) is 0 Å². The Morgan fingerprint density at radius 3 is 3.09 bits per heavy atom. The minimum Gasteiger partial charge on any atom is -0.363 e. The second-order valence-electron chi connectivity index (χ2n) is 2.64. The second-order valence-corrected chi connectivity index (χ2v) is 3.00. The predicted molar refractivity (Wildman–Crippen MR) is 45.6 cm³/mol. The molecule has 3 heteroatoms. The molecule has 58 valence electrons. The average molecular weight is 169 g/mol. The monoisotopic (exact) mass is 168 g/mol. The van der Waals surface area contributed by atoms with Crippen molar-refractivity contribution in [1.82, 2.24) is 10.2 Å². The van der Waals surface area contributed by atoms with Gasteiger partial charge in [-0.1, -0.05) is 17.7 Å². The van der Waals surface area contributed by atoms with Gasteiger partial charge in [0.15, 0.2) is 0 Å². The van der Waals surface area contributed by atoms with Crippen LogP contribution >= 0.6 is 11.6 Å². The third kappa shape index (κ3) is 0.942. The van der Waals surface area contributed by atoms with Crippen molar-refractivity contribution < 1.29 is 0 Å². The zero-order valence-corrected chi connectivity index (χ0v) is 6.97. The molecule has 0 fully saturated rings. The van der Waals surface area contributed by atoms with E-state index in [0.29, 0.717) is 0 Å². The van der Waals surface area contributed by atoms with Crippen molar-refractivity contribution in [3.63, 3.8) is 0 Å². The Hall–Kier alpha value is -0.890. The van der Waals surface area contributed by atoms with Crippen LogP contribution in [0, 0.1) is 0 Å². The number of rotatable bonds is 0. The van der Waals surface area contributed by atoms with E-state index in [0.717, 1.165) is 10.9 Å². The highest BCUT2D eigenvalue weighted by molar-refractivity contribution is 6.29. The highest BCUT2D eigenvalue weighted by Gasteiger charge is 2.24. The summed E-state index contributed by atoms with van der Waals surface area (Å²) >= 11 is 5.99. The molecule has 1 N–H and O–H groups in total. The largest absolute Gasteiger partial charge is 0.363 e. The molecule has 2 rings (SSSR count). The summed E-state index contributed by atoms with van der Waals surface area (Å²) < 4.78 is 0. The highest BCUT2D eigenvalue weighted by atomic mass is 35.5. The van der Waals surface area contributed by atoms with E-state index in [2.05, 4.69) is 11.4 Å². The van der Waals surface area contributed by atoms with E-state index in [9.17, 15) is 0 Å². The molecule has 1 atom stereocenters. The smallest absolute Gasteiger partial charge is 0.129 e. The number of nitrogens with one attached hydrogen (secondary N) is 1. The first-order chi connectivity index (χ1) is 5.29. The van der Waals surface area contributed by atoms with Crippen LogP contribution in [0.15, 0.2) is 35.3 Å². The van der Waals surface area contributed by atoms with Gasteiger partial charge in [-0.3, -0.25) is 0 Å². The van der Waals surface area contributed by atoms with Crippen LogP contribution in [0.4, 0.5) is 0 Å². The van der Waals surface area contributed by atoms with E-state index in [4.69, 9.17) is 11.6 Å². The van der Waals surface area contributed by atoms with E-state index in [1.807, 2.05) is 30.2 Å². The number of hydrogen-bond donors (Lipinski definition) is 1. The van der Waals surface area contributed by atoms with Gasteiger partial charge in [0.1, 0.15) is 11.3 Å². The number of allylic oxidation sites excluding steroid dienone is 3. The summed E-state index contributed by atoms with van der Waals surface area (Å²) in [5.74, 6) is 0. The molecular weight excluding hydrogens is 160 g/mol. The fourth-order valence-electron chi connectivity index (χ4n) is 1.28. The molecule has 2 aliphatic heterocycles. The Kier molecular flexibility index (Phi) is 1.43. The first-order valence-corrected chi connectivity index (χ1v) is 3.93. The van der Waals surface area contributed by atoms with Crippen molar-refractivity contribution in [2.75, 3.05) is 0 Å². The molecule has 11 heavy (non-hydrogen) atoms. The molecule has 0 radical (unpaired) electrons. The number of fused-ring (bicyclic) bond motifs is 1. The Balaban J connectivity index is 2.32. The summed E-state index contributed by atoms with van der Waals surface area (Å²) in [6.07, 6.45) is 8.25. The molecule has 0 aromatic carbocycles. The van der Waals surface area contributed by atoms with Crippen molar-refractivity contribution in [2.45, 2.75) is 13.1 Å². The Labute approximate surface area is 70.8 Å². The van der Waals surface area contributed by atoms with Gasteiger partial charge >= 0.3 is 0 Å². The summed E-state index contributed by atoms with van der Waals surface area (Å²) in [6, 6.07) is 0. The summed E-state index contributed by atoms with van der Waals surface area (Å²) in [4.78, 5) is 2.00. The lowest BCUT2D eigenvalue weighted by atomic mass is 10.3. The van der Waals surface area contributed by atoms with Crippen molar-refractivity contribution in [2.24, 2.45) is 0 Å². The van der Waals surface area contributed by atoms with E-state index in [1.54, 1.807) is 0 Å². The number of halogens is 1. The van der Waals surface area contributed by atoms with Crippen LogP contribution in [0.25, 0.3) is 0 Å². The molecule has 0 aromatic heterocycles. The van der Waals surface area contributed by atoms with Crippen LogP contribution in [-0.4, -0.2) is 11.1 Å². The molecule has 2 nitrogen and oxygen atoms in total. The maximum Gasteiger partial charge on any atom is 0.129 e. The lowest BCUT2D eigenvalue weighted by Crippen LogP contribution is -2.32. The molecule has 2 heterocycles. The van der Waals surface area contributed by atoms with E-state index in [-0.39, 0.29) is 6.17 Å². The van der Waals surface area contributed by atoms with Gasteiger partial charge in [0.2, 0.25) is 0 Å². The van der Waals surface area contributed by atoms with Crippen LogP contribution in [0.2, 0.25) is 0 Å². The first-order valence-electron chi connectivity index (χ1n) is 3.55. The molecular formula is C8H9ClN2. The van der Waals surface area contributed by atoms with Gasteiger partial charge < -0.3 is 10.2 Å². The Morgan fingerprint density at radius 2 is 2.36 bits per heavy atom. The maximum absolute atomic E-state index is 5.99. The third-order valence-electron chi connectivity index (χ3n) is 1.85. The summed E-state index contributed by atoms with van der Waals surface area (Å²) in [7, 11) is 0. The minimum atomic E-state index is 0.229. The van der Waals surface area contributed by atoms with Gasteiger partial charge in [-0.25, -0.2) is 0 Å². The Morgan fingerprint density at radius 1 is 1.55 bits per heavy atom. The Bertz CT molecular complexity index is 265. The van der Waals surface area contributed by atoms with Crippen molar-refractivity contribution in [1.29, 1.82) is 0 Å². The summed E-state index contributed by atoms with van der Waals surface area (Å²) in [6.45, 7) is 1.97. The second kappa shape index (κ2) is 2.31. The quantitative estimate of drug-likeness (QED) is 0.555. The maximum atomic E-state index is 5.99. The van der Waals surface area contributed by atoms with Gasteiger partial charge in [-0.15, -0.1) is 0 Å². The van der Waals surface area contributed by atoms with Crippen LogP contribution in [-0.2, 0) is 0 Å². The van der Waals surface area contributed by atoms with Crippen molar-refractivity contribution in [3.8, 4) is 0 Å². The van der Waals surface area contributed by atoms with Crippen LogP contribution in [0.5, 0.6) is 0 Å². The average Bonchev–Trinajstić information content (AvgIpc) is 2.30. The molecule has 0 spiro atoms. The van der Waals surface area contributed by atoms with Gasteiger partial charge in [-0.2, -0.15) is 0 Å². The molecule has 1 unspecified atom stereocenters. The molecule has 0 saturated carbocycles.